The first-order chi connectivity index (χ1) is 12.5. The van der Waals surface area contributed by atoms with Crippen LogP contribution in [0.4, 0.5) is 4.79 Å². The standard InChI is InChI=1S/C20H27N3O3/c1-15(16-8-3-2-4-9-16)14-17(24)21-12-7-13-23-18(25)20(22-19(23)26)10-5-6-11-20/h2-4,8-9,15H,5-7,10-14H2,1H3,(H,21,24)(H,22,26). The monoisotopic (exact) mass is 357 g/mol. The quantitative estimate of drug-likeness (QED) is 0.581. The number of hydrogen-bond acceptors (Lipinski definition) is 3. The molecule has 1 aliphatic heterocycles. The zero-order valence-corrected chi connectivity index (χ0v) is 15.3. The fraction of sp³-hybridized carbons (Fsp3) is 0.550. The summed E-state index contributed by atoms with van der Waals surface area (Å²) >= 11 is 0. The molecule has 1 atom stereocenters. The summed E-state index contributed by atoms with van der Waals surface area (Å²) in [7, 11) is 0. The lowest BCUT2D eigenvalue weighted by atomic mass is 9.97. The lowest BCUT2D eigenvalue weighted by Crippen LogP contribution is -2.44. The Morgan fingerprint density at radius 1 is 1.23 bits per heavy atom. The van der Waals surface area contributed by atoms with Crippen LogP contribution in [-0.2, 0) is 9.59 Å². The third kappa shape index (κ3) is 3.89. The maximum atomic E-state index is 12.5. The summed E-state index contributed by atoms with van der Waals surface area (Å²) in [6.07, 6.45) is 4.44. The maximum absolute atomic E-state index is 12.5. The van der Waals surface area contributed by atoms with E-state index in [4.69, 9.17) is 0 Å². The van der Waals surface area contributed by atoms with Gasteiger partial charge >= 0.3 is 6.03 Å². The molecule has 1 unspecified atom stereocenters. The molecule has 1 heterocycles. The number of benzene rings is 1. The molecule has 0 bridgehead atoms. The fourth-order valence-corrected chi connectivity index (χ4v) is 3.91. The number of amides is 4. The second-order valence-electron chi connectivity index (χ2n) is 7.40. The van der Waals surface area contributed by atoms with Crippen LogP contribution in [0.5, 0.6) is 0 Å². The fourth-order valence-electron chi connectivity index (χ4n) is 3.91. The first-order valence-electron chi connectivity index (χ1n) is 9.47. The van der Waals surface area contributed by atoms with Crippen molar-refractivity contribution in [2.75, 3.05) is 13.1 Å². The largest absolute Gasteiger partial charge is 0.356 e. The van der Waals surface area contributed by atoms with Gasteiger partial charge < -0.3 is 10.6 Å². The van der Waals surface area contributed by atoms with Gasteiger partial charge in [0.15, 0.2) is 0 Å². The van der Waals surface area contributed by atoms with E-state index >= 15 is 0 Å². The highest BCUT2D eigenvalue weighted by Crippen LogP contribution is 2.34. The predicted molar refractivity (Wildman–Crippen MR) is 98.5 cm³/mol. The van der Waals surface area contributed by atoms with E-state index < -0.39 is 5.54 Å². The molecule has 1 aliphatic carbocycles. The Morgan fingerprint density at radius 3 is 2.62 bits per heavy atom. The van der Waals surface area contributed by atoms with Crippen LogP contribution in [0.2, 0.25) is 0 Å². The summed E-state index contributed by atoms with van der Waals surface area (Å²) < 4.78 is 0. The van der Waals surface area contributed by atoms with E-state index in [1.807, 2.05) is 37.3 Å². The van der Waals surface area contributed by atoms with Crippen molar-refractivity contribution < 1.29 is 14.4 Å². The zero-order valence-electron chi connectivity index (χ0n) is 15.3. The van der Waals surface area contributed by atoms with E-state index in [2.05, 4.69) is 10.6 Å². The molecular formula is C20H27N3O3. The summed E-state index contributed by atoms with van der Waals surface area (Å²) in [5, 5.41) is 5.76. The molecule has 1 saturated carbocycles. The van der Waals surface area contributed by atoms with Crippen molar-refractivity contribution in [2.45, 2.75) is 56.9 Å². The number of carbonyl (C=O) groups excluding carboxylic acids is 3. The Labute approximate surface area is 154 Å². The molecule has 3 rings (SSSR count). The van der Waals surface area contributed by atoms with Crippen LogP contribution < -0.4 is 10.6 Å². The van der Waals surface area contributed by atoms with Gasteiger partial charge in [-0.15, -0.1) is 0 Å². The van der Waals surface area contributed by atoms with Gasteiger partial charge in [-0.2, -0.15) is 0 Å². The van der Waals surface area contributed by atoms with Gasteiger partial charge in [0.25, 0.3) is 5.91 Å². The van der Waals surface area contributed by atoms with Crippen molar-refractivity contribution in [3.63, 3.8) is 0 Å². The van der Waals surface area contributed by atoms with Gasteiger partial charge in [0.2, 0.25) is 5.91 Å². The maximum Gasteiger partial charge on any atom is 0.325 e. The van der Waals surface area contributed by atoms with Crippen molar-refractivity contribution in [1.29, 1.82) is 0 Å². The summed E-state index contributed by atoms with van der Waals surface area (Å²) in [6, 6.07) is 9.66. The third-order valence-corrected chi connectivity index (χ3v) is 5.44. The molecule has 6 nitrogen and oxygen atoms in total. The first-order valence-corrected chi connectivity index (χ1v) is 9.47. The Balaban J connectivity index is 1.39. The van der Waals surface area contributed by atoms with Gasteiger partial charge in [0.05, 0.1) is 0 Å². The number of nitrogens with one attached hydrogen (secondary N) is 2. The molecular weight excluding hydrogens is 330 g/mol. The average molecular weight is 357 g/mol. The molecule has 2 N–H and O–H groups in total. The number of carbonyl (C=O) groups is 3. The smallest absolute Gasteiger partial charge is 0.325 e. The number of hydrogen-bond donors (Lipinski definition) is 2. The minimum Gasteiger partial charge on any atom is -0.356 e. The van der Waals surface area contributed by atoms with Gasteiger partial charge in [-0.25, -0.2) is 4.79 Å². The predicted octanol–water partition coefficient (Wildman–Crippen LogP) is 2.55. The van der Waals surface area contributed by atoms with Gasteiger partial charge in [0.1, 0.15) is 5.54 Å². The van der Waals surface area contributed by atoms with Crippen LogP contribution >= 0.6 is 0 Å². The molecule has 1 aromatic rings. The van der Waals surface area contributed by atoms with E-state index in [1.165, 1.54) is 4.90 Å². The summed E-state index contributed by atoms with van der Waals surface area (Å²) in [5.41, 5.74) is 0.495. The van der Waals surface area contributed by atoms with Crippen LogP contribution in [0.15, 0.2) is 30.3 Å². The van der Waals surface area contributed by atoms with Crippen LogP contribution in [-0.4, -0.2) is 41.4 Å². The molecule has 0 radical (unpaired) electrons. The Bertz CT molecular complexity index is 668. The Morgan fingerprint density at radius 2 is 1.92 bits per heavy atom. The molecule has 2 aliphatic rings. The van der Waals surface area contributed by atoms with E-state index in [0.717, 1.165) is 31.2 Å². The van der Waals surface area contributed by atoms with Gasteiger partial charge in [-0.05, 0) is 30.7 Å². The SMILES string of the molecule is CC(CC(=O)NCCCN1C(=O)NC2(CCCC2)C1=O)c1ccccc1. The van der Waals surface area contributed by atoms with Crippen molar-refractivity contribution in [2.24, 2.45) is 0 Å². The lowest BCUT2D eigenvalue weighted by molar-refractivity contribution is -0.131. The van der Waals surface area contributed by atoms with E-state index in [9.17, 15) is 14.4 Å². The highest BCUT2D eigenvalue weighted by molar-refractivity contribution is 6.07. The average Bonchev–Trinajstić information content (AvgIpc) is 3.19. The van der Waals surface area contributed by atoms with Crippen molar-refractivity contribution in [1.82, 2.24) is 15.5 Å². The van der Waals surface area contributed by atoms with Gasteiger partial charge in [-0.3, -0.25) is 14.5 Å². The highest BCUT2D eigenvalue weighted by Gasteiger charge is 2.51. The molecule has 6 heteroatoms. The zero-order chi connectivity index (χ0) is 18.6. The second kappa shape index (κ2) is 7.89. The first kappa shape index (κ1) is 18.4. The molecule has 1 aromatic carbocycles. The number of urea groups is 1. The topological polar surface area (TPSA) is 78.5 Å². The van der Waals surface area contributed by atoms with E-state index in [-0.39, 0.29) is 23.8 Å². The van der Waals surface area contributed by atoms with Crippen LogP contribution in [0, 0.1) is 0 Å². The second-order valence-corrected chi connectivity index (χ2v) is 7.40. The minimum atomic E-state index is -0.647. The van der Waals surface area contributed by atoms with E-state index in [1.54, 1.807) is 0 Å². The Kier molecular flexibility index (Phi) is 5.59. The number of nitrogens with zero attached hydrogens (tertiary/aromatic N) is 1. The Hall–Kier alpha value is -2.37. The van der Waals surface area contributed by atoms with Crippen molar-refractivity contribution >= 4 is 17.8 Å². The van der Waals surface area contributed by atoms with Gasteiger partial charge in [0, 0.05) is 19.5 Å². The minimum absolute atomic E-state index is 0.00850. The molecule has 140 valence electrons. The van der Waals surface area contributed by atoms with Crippen LogP contribution in [0.3, 0.4) is 0 Å². The number of imide groups is 1. The van der Waals surface area contributed by atoms with Crippen molar-refractivity contribution in [3.8, 4) is 0 Å². The summed E-state index contributed by atoms with van der Waals surface area (Å²) in [5.74, 6) is 0.0548. The lowest BCUT2D eigenvalue weighted by Gasteiger charge is -2.20. The molecule has 4 amide bonds. The summed E-state index contributed by atoms with van der Waals surface area (Å²) in [4.78, 5) is 38.0. The van der Waals surface area contributed by atoms with Crippen LogP contribution in [0.25, 0.3) is 0 Å². The van der Waals surface area contributed by atoms with E-state index in [0.29, 0.717) is 25.9 Å². The molecule has 2 fully saturated rings. The summed E-state index contributed by atoms with van der Waals surface area (Å²) in [6.45, 7) is 2.84. The molecule has 26 heavy (non-hydrogen) atoms. The normalized spacial score (nSPS) is 19.7. The number of rotatable bonds is 7. The third-order valence-electron chi connectivity index (χ3n) is 5.44. The highest BCUT2D eigenvalue weighted by atomic mass is 16.2. The van der Waals surface area contributed by atoms with Crippen molar-refractivity contribution in [3.05, 3.63) is 35.9 Å². The molecule has 1 saturated heterocycles. The molecule has 0 aromatic heterocycles. The molecule has 1 spiro atoms. The van der Waals surface area contributed by atoms with Crippen LogP contribution in [0.1, 0.15) is 56.9 Å². The van der Waals surface area contributed by atoms with Gasteiger partial charge in [-0.1, -0.05) is 50.1 Å².